The largest absolute Gasteiger partial charge is 0.467 e. The quantitative estimate of drug-likeness (QED) is 0.264. The number of nitrogens with one attached hydrogen (secondary N) is 1. The van der Waals surface area contributed by atoms with Gasteiger partial charge in [0.2, 0.25) is 17.7 Å². The van der Waals surface area contributed by atoms with E-state index >= 15 is 0 Å². The third-order valence-corrected chi connectivity index (χ3v) is 8.56. The molecule has 256 valence electrons. The van der Waals surface area contributed by atoms with Crippen molar-refractivity contribution in [1.29, 1.82) is 0 Å². The molecule has 7 atom stereocenters. The third kappa shape index (κ3) is 11.7. The molecule has 11 nitrogen and oxygen atoms in total. The van der Waals surface area contributed by atoms with Gasteiger partial charge in [0.1, 0.15) is 6.04 Å². The van der Waals surface area contributed by atoms with Crippen molar-refractivity contribution < 1.29 is 33.4 Å². The maximum atomic E-state index is 13.7. The van der Waals surface area contributed by atoms with Crippen LogP contribution < -0.4 is 11.1 Å². The van der Waals surface area contributed by atoms with Gasteiger partial charge < -0.3 is 35.1 Å². The number of nitrogens with zero attached hydrogens (tertiary/aromatic N) is 2. The van der Waals surface area contributed by atoms with Crippen LogP contribution in [0.2, 0.25) is 0 Å². The molecule has 45 heavy (non-hydrogen) atoms. The number of esters is 1. The zero-order valence-corrected chi connectivity index (χ0v) is 28.9. The Bertz CT molecular complexity index is 1040. The minimum atomic E-state index is -0.862. The number of benzene rings is 1. The van der Waals surface area contributed by atoms with E-state index in [1.54, 1.807) is 30.9 Å². The van der Waals surface area contributed by atoms with Crippen molar-refractivity contribution in [2.75, 3.05) is 41.5 Å². The van der Waals surface area contributed by atoms with Crippen LogP contribution in [-0.2, 0) is 39.8 Å². The summed E-state index contributed by atoms with van der Waals surface area (Å²) in [4.78, 5) is 55.5. The van der Waals surface area contributed by atoms with Crippen LogP contribution >= 0.6 is 0 Å². The van der Waals surface area contributed by atoms with Gasteiger partial charge in [-0.3, -0.25) is 14.4 Å². The average molecular weight is 635 g/mol. The second kappa shape index (κ2) is 20.9. The zero-order valence-electron chi connectivity index (χ0n) is 28.9. The summed E-state index contributed by atoms with van der Waals surface area (Å²) in [6, 6.07) is 7.86. The molecule has 1 aliphatic rings. The molecular formula is C34H58N4O7. The van der Waals surface area contributed by atoms with Crippen LogP contribution in [0.15, 0.2) is 30.3 Å². The molecule has 1 aliphatic heterocycles. The monoisotopic (exact) mass is 634 g/mol. The average Bonchev–Trinajstić information content (AvgIpc) is 3.53. The summed E-state index contributed by atoms with van der Waals surface area (Å²) in [6.07, 6.45) is 2.71. The van der Waals surface area contributed by atoms with E-state index in [1.165, 1.54) is 20.6 Å². The molecule has 1 aromatic rings. The van der Waals surface area contributed by atoms with Crippen molar-refractivity contribution in [2.24, 2.45) is 17.6 Å². The number of nitrogens with two attached hydrogens (primary N) is 1. The molecule has 3 N–H and O–H groups in total. The maximum absolute atomic E-state index is 13.7. The molecule has 1 aromatic carbocycles. The standard InChI is InChI=1S/C31H50N4O7.C3H8/c1-8-20(2)28(34(4)27(37)19-32)25(40-5)18-26(36)35-16-12-15-24(35)29(41-6)21(3)30(38)33-23(31(39)42-7)17-22-13-10-9-11-14-22;1-3-2/h9-11,13-14,20-21,23-25,28-29H,8,12,15-19,32H2,1-7H3,(H,33,38);3H2,1-2H3/t20-,21+,23-,24-,25+,28?,29+;/m0./s1. The summed E-state index contributed by atoms with van der Waals surface area (Å²) >= 11 is 0. The van der Waals surface area contributed by atoms with Crippen molar-refractivity contribution in [1.82, 2.24) is 15.1 Å². The van der Waals surface area contributed by atoms with Gasteiger partial charge in [-0.25, -0.2) is 4.79 Å². The summed E-state index contributed by atoms with van der Waals surface area (Å²) in [5.74, 6) is -1.82. The van der Waals surface area contributed by atoms with Crippen molar-refractivity contribution in [3.63, 3.8) is 0 Å². The predicted octanol–water partition coefficient (Wildman–Crippen LogP) is 3.18. The molecule has 0 aromatic heterocycles. The first kappa shape index (κ1) is 40.0. The molecule has 0 aliphatic carbocycles. The SMILES string of the molecule is CCC.CC[C@H](C)C([C@@H](CC(=O)N1CCC[C@H]1[C@H](OC)[C@@H](C)C(=O)N[C@@H](Cc1ccccc1)C(=O)OC)OC)N(C)C(=O)CN. The first-order valence-corrected chi connectivity index (χ1v) is 16.2. The lowest BCUT2D eigenvalue weighted by molar-refractivity contribution is -0.148. The number of carbonyl (C=O) groups excluding carboxylic acids is 4. The predicted molar refractivity (Wildman–Crippen MR) is 175 cm³/mol. The number of ether oxygens (including phenoxy) is 3. The number of hydrogen-bond acceptors (Lipinski definition) is 8. The topological polar surface area (TPSA) is 141 Å². The number of amides is 3. The number of carbonyl (C=O) groups is 4. The molecule has 2 rings (SSSR count). The molecule has 0 radical (unpaired) electrons. The normalized spacial score (nSPS) is 18.4. The lowest BCUT2D eigenvalue weighted by Gasteiger charge is -2.39. The summed E-state index contributed by atoms with van der Waals surface area (Å²) < 4.78 is 16.6. The van der Waals surface area contributed by atoms with Crippen LogP contribution in [0.5, 0.6) is 0 Å². The second-order valence-electron chi connectivity index (χ2n) is 11.8. The highest BCUT2D eigenvalue weighted by molar-refractivity contribution is 5.86. The fourth-order valence-corrected chi connectivity index (χ4v) is 5.96. The van der Waals surface area contributed by atoms with Gasteiger partial charge in [-0.2, -0.15) is 0 Å². The molecule has 0 spiro atoms. The number of rotatable bonds is 16. The van der Waals surface area contributed by atoms with E-state index in [9.17, 15) is 19.2 Å². The third-order valence-electron chi connectivity index (χ3n) is 8.56. The minimum absolute atomic E-state index is 0.0721. The van der Waals surface area contributed by atoms with E-state index < -0.39 is 30.1 Å². The van der Waals surface area contributed by atoms with Gasteiger partial charge in [-0.1, -0.05) is 77.8 Å². The van der Waals surface area contributed by atoms with Crippen molar-refractivity contribution in [2.45, 2.75) is 103 Å². The van der Waals surface area contributed by atoms with Crippen LogP contribution in [0.25, 0.3) is 0 Å². The number of methoxy groups -OCH3 is 3. The fraction of sp³-hybridized carbons (Fsp3) is 0.706. The smallest absolute Gasteiger partial charge is 0.328 e. The lowest BCUT2D eigenvalue weighted by Crippen LogP contribution is -2.54. The molecule has 1 saturated heterocycles. The Hall–Kier alpha value is -3.02. The first-order valence-electron chi connectivity index (χ1n) is 16.2. The lowest BCUT2D eigenvalue weighted by atomic mass is 9.90. The molecule has 1 fully saturated rings. The minimum Gasteiger partial charge on any atom is -0.467 e. The van der Waals surface area contributed by atoms with Crippen LogP contribution in [0.3, 0.4) is 0 Å². The van der Waals surface area contributed by atoms with Crippen LogP contribution in [0.1, 0.15) is 72.3 Å². The highest BCUT2D eigenvalue weighted by Gasteiger charge is 2.42. The molecule has 3 amide bonds. The first-order chi connectivity index (χ1) is 21.4. The molecular weight excluding hydrogens is 576 g/mol. The van der Waals surface area contributed by atoms with Crippen LogP contribution in [0, 0.1) is 11.8 Å². The Kier molecular flexibility index (Phi) is 18.6. The second-order valence-corrected chi connectivity index (χ2v) is 11.8. The summed E-state index contributed by atoms with van der Waals surface area (Å²) in [5, 5.41) is 2.84. The fourth-order valence-electron chi connectivity index (χ4n) is 5.96. The Morgan fingerprint density at radius 1 is 1.04 bits per heavy atom. The Morgan fingerprint density at radius 3 is 2.18 bits per heavy atom. The van der Waals surface area contributed by atoms with Crippen molar-refractivity contribution in [3.8, 4) is 0 Å². The van der Waals surface area contributed by atoms with Gasteiger partial charge in [0.05, 0.1) is 50.3 Å². The van der Waals surface area contributed by atoms with E-state index in [0.717, 1.165) is 18.4 Å². The molecule has 1 unspecified atom stereocenters. The van der Waals surface area contributed by atoms with Gasteiger partial charge in [0.15, 0.2) is 0 Å². The van der Waals surface area contributed by atoms with E-state index in [2.05, 4.69) is 19.2 Å². The summed E-state index contributed by atoms with van der Waals surface area (Å²) in [5.41, 5.74) is 6.52. The molecule has 0 saturated carbocycles. The van der Waals surface area contributed by atoms with Gasteiger partial charge in [-0.05, 0) is 24.3 Å². The summed E-state index contributed by atoms with van der Waals surface area (Å²) in [7, 11) is 6.06. The van der Waals surface area contributed by atoms with Gasteiger partial charge in [-0.15, -0.1) is 0 Å². The zero-order chi connectivity index (χ0) is 34.1. The van der Waals surface area contributed by atoms with Gasteiger partial charge in [0.25, 0.3) is 0 Å². The van der Waals surface area contributed by atoms with E-state index in [-0.39, 0.29) is 55.1 Å². The molecule has 11 heteroatoms. The Balaban J connectivity index is 0.00000324. The van der Waals surface area contributed by atoms with Gasteiger partial charge in [0, 0.05) is 34.2 Å². The van der Waals surface area contributed by atoms with Crippen LogP contribution in [0.4, 0.5) is 0 Å². The molecule has 1 heterocycles. The van der Waals surface area contributed by atoms with E-state index in [4.69, 9.17) is 19.9 Å². The Morgan fingerprint density at radius 2 is 1.67 bits per heavy atom. The highest BCUT2D eigenvalue weighted by atomic mass is 16.5. The van der Waals surface area contributed by atoms with Crippen molar-refractivity contribution >= 4 is 23.7 Å². The number of hydrogen-bond donors (Lipinski definition) is 2. The Labute approximate surface area is 270 Å². The number of likely N-dealkylation sites (tertiary alicyclic amines) is 1. The van der Waals surface area contributed by atoms with Crippen LogP contribution in [-0.4, -0.2) is 105 Å². The summed E-state index contributed by atoms with van der Waals surface area (Å²) in [6.45, 7) is 10.5. The number of likely N-dealkylation sites (N-methyl/N-ethyl adjacent to an activating group) is 1. The van der Waals surface area contributed by atoms with Crippen molar-refractivity contribution in [3.05, 3.63) is 35.9 Å². The van der Waals surface area contributed by atoms with E-state index in [1.807, 2.05) is 44.2 Å². The highest BCUT2D eigenvalue weighted by Crippen LogP contribution is 2.29. The molecule has 0 bridgehead atoms. The maximum Gasteiger partial charge on any atom is 0.328 e. The van der Waals surface area contributed by atoms with Gasteiger partial charge >= 0.3 is 5.97 Å². The van der Waals surface area contributed by atoms with E-state index in [0.29, 0.717) is 13.0 Å².